The van der Waals surface area contributed by atoms with Crippen LogP contribution in [0.2, 0.25) is 0 Å². The third-order valence-corrected chi connectivity index (χ3v) is 3.77. The molecule has 1 aromatic heterocycles. The molecule has 3 rings (SSSR count). The van der Waals surface area contributed by atoms with E-state index in [1.165, 1.54) is 0 Å². The number of carbonyl (C=O) groups excluding carboxylic acids is 1. The minimum absolute atomic E-state index is 0.243. The van der Waals surface area contributed by atoms with Crippen LogP contribution in [0.3, 0.4) is 0 Å². The Labute approximate surface area is 105 Å². The van der Waals surface area contributed by atoms with Gasteiger partial charge in [-0.25, -0.2) is 0 Å². The molecular formula is C15H15NO2. The highest BCUT2D eigenvalue weighted by molar-refractivity contribution is 5.84. The van der Waals surface area contributed by atoms with Crippen molar-refractivity contribution in [3.05, 3.63) is 42.1 Å². The zero-order chi connectivity index (χ0) is 12.6. The summed E-state index contributed by atoms with van der Waals surface area (Å²) in [5.74, 6) is 0.243. The maximum Gasteiger partial charge on any atom is 0.133 e. The number of benzene rings is 1. The minimum Gasteiger partial charge on any atom is -0.385 e. The van der Waals surface area contributed by atoms with Gasteiger partial charge in [0, 0.05) is 30.0 Å². The Balaban J connectivity index is 2.11. The fourth-order valence-corrected chi connectivity index (χ4v) is 2.69. The van der Waals surface area contributed by atoms with Gasteiger partial charge in [0.15, 0.2) is 0 Å². The predicted molar refractivity (Wildman–Crippen MR) is 69.1 cm³/mol. The molecular weight excluding hydrogens is 226 g/mol. The van der Waals surface area contributed by atoms with E-state index in [0.717, 1.165) is 16.5 Å². The molecule has 0 radical (unpaired) electrons. The Morgan fingerprint density at radius 1 is 1.11 bits per heavy atom. The highest BCUT2D eigenvalue weighted by Crippen LogP contribution is 2.38. The van der Waals surface area contributed by atoms with Gasteiger partial charge >= 0.3 is 0 Å². The fourth-order valence-electron chi connectivity index (χ4n) is 2.69. The van der Waals surface area contributed by atoms with Crippen molar-refractivity contribution in [3.8, 4) is 0 Å². The van der Waals surface area contributed by atoms with Crippen LogP contribution >= 0.6 is 0 Å². The highest BCUT2D eigenvalue weighted by Gasteiger charge is 2.35. The zero-order valence-corrected chi connectivity index (χ0v) is 10.1. The first-order valence-corrected chi connectivity index (χ1v) is 6.27. The van der Waals surface area contributed by atoms with E-state index in [2.05, 4.69) is 4.98 Å². The summed E-state index contributed by atoms with van der Waals surface area (Å²) in [7, 11) is 0. The molecule has 2 aromatic rings. The lowest BCUT2D eigenvalue weighted by molar-refractivity contribution is -0.125. The Hall–Kier alpha value is -1.74. The monoisotopic (exact) mass is 241 g/mol. The summed E-state index contributed by atoms with van der Waals surface area (Å²) >= 11 is 0. The van der Waals surface area contributed by atoms with E-state index >= 15 is 0 Å². The van der Waals surface area contributed by atoms with Crippen molar-refractivity contribution in [3.63, 3.8) is 0 Å². The number of aromatic nitrogens is 1. The molecule has 0 aliphatic heterocycles. The molecule has 0 unspecified atom stereocenters. The van der Waals surface area contributed by atoms with Crippen LogP contribution in [0.5, 0.6) is 0 Å². The standard InChI is InChI=1S/C15H15NO2/c17-12-6-8-15(18,9-7-12)13-5-1-3-11-4-2-10-16-14(11)13/h1-5,10,18H,6-9H2. The lowest BCUT2D eigenvalue weighted by Crippen LogP contribution is -2.31. The van der Waals surface area contributed by atoms with Crippen molar-refractivity contribution >= 4 is 16.7 Å². The molecule has 0 saturated heterocycles. The summed E-state index contributed by atoms with van der Waals surface area (Å²) in [5.41, 5.74) is 0.798. The first-order valence-electron chi connectivity index (χ1n) is 6.27. The molecule has 1 fully saturated rings. The molecule has 92 valence electrons. The first kappa shape index (κ1) is 11.4. The Kier molecular flexibility index (Phi) is 2.63. The summed E-state index contributed by atoms with van der Waals surface area (Å²) in [6.45, 7) is 0. The van der Waals surface area contributed by atoms with Gasteiger partial charge in [0.25, 0.3) is 0 Å². The van der Waals surface area contributed by atoms with Gasteiger partial charge in [0.2, 0.25) is 0 Å². The van der Waals surface area contributed by atoms with Crippen molar-refractivity contribution in [2.75, 3.05) is 0 Å². The van der Waals surface area contributed by atoms with E-state index in [4.69, 9.17) is 0 Å². The van der Waals surface area contributed by atoms with E-state index in [-0.39, 0.29) is 5.78 Å². The molecule has 0 atom stereocenters. The minimum atomic E-state index is -0.901. The number of carbonyl (C=O) groups is 1. The normalized spacial score (nSPS) is 19.1. The van der Waals surface area contributed by atoms with Gasteiger partial charge in [-0.3, -0.25) is 9.78 Å². The fraction of sp³-hybridized carbons (Fsp3) is 0.333. The summed E-state index contributed by atoms with van der Waals surface area (Å²) in [6.07, 6.45) is 3.66. The molecule has 0 spiro atoms. The molecule has 18 heavy (non-hydrogen) atoms. The smallest absolute Gasteiger partial charge is 0.133 e. The number of pyridine rings is 1. The highest BCUT2D eigenvalue weighted by atomic mass is 16.3. The molecule has 1 aliphatic rings. The Morgan fingerprint density at radius 3 is 2.61 bits per heavy atom. The van der Waals surface area contributed by atoms with Crippen molar-refractivity contribution in [1.82, 2.24) is 4.98 Å². The van der Waals surface area contributed by atoms with Crippen LogP contribution in [0.25, 0.3) is 10.9 Å². The summed E-state index contributed by atoms with van der Waals surface area (Å²) in [5, 5.41) is 11.8. The first-order chi connectivity index (χ1) is 8.69. The average molecular weight is 241 g/mol. The molecule has 0 bridgehead atoms. The average Bonchev–Trinajstić information content (AvgIpc) is 2.42. The molecule has 3 heteroatoms. The largest absolute Gasteiger partial charge is 0.385 e. The lowest BCUT2D eigenvalue weighted by Gasteiger charge is -2.32. The van der Waals surface area contributed by atoms with Crippen LogP contribution in [0, 0.1) is 0 Å². The maximum atomic E-state index is 11.3. The topological polar surface area (TPSA) is 50.2 Å². The molecule has 3 nitrogen and oxygen atoms in total. The van der Waals surface area contributed by atoms with Crippen LogP contribution in [0.15, 0.2) is 36.5 Å². The maximum absolute atomic E-state index is 11.3. The van der Waals surface area contributed by atoms with Gasteiger partial charge in [0.05, 0.1) is 11.1 Å². The van der Waals surface area contributed by atoms with Crippen LogP contribution in [0.4, 0.5) is 0 Å². The third kappa shape index (κ3) is 1.81. The number of rotatable bonds is 1. The van der Waals surface area contributed by atoms with Gasteiger partial charge in [-0.05, 0) is 18.9 Å². The molecule has 1 saturated carbocycles. The second-order valence-corrected chi connectivity index (χ2v) is 4.95. The van der Waals surface area contributed by atoms with Gasteiger partial charge in [0.1, 0.15) is 5.78 Å². The number of fused-ring (bicyclic) bond motifs is 1. The SMILES string of the molecule is O=C1CCC(O)(c2cccc3cccnc23)CC1. The summed E-state index contributed by atoms with van der Waals surface area (Å²) in [4.78, 5) is 15.7. The molecule has 1 aromatic carbocycles. The number of nitrogens with zero attached hydrogens (tertiary/aromatic N) is 1. The van der Waals surface area contributed by atoms with Gasteiger partial charge < -0.3 is 5.11 Å². The van der Waals surface area contributed by atoms with E-state index in [0.29, 0.717) is 25.7 Å². The van der Waals surface area contributed by atoms with Gasteiger partial charge in [-0.15, -0.1) is 0 Å². The number of aliphatic hydroxyl groups is 1. The number of hydrogen-bond donors (Lipinski definition) is 1. The van der Waals surface area contributed by atoms with Gasteiger partial charge in [-0.1, -0.05) is 24.3 Å². The second-order valence-electron chi connectivity index (χ2n) is 4.95. The number of ketones is 1. The molecule has 1 N–H and O–H groups in total. The number of para-hydroxylation sites is 1. The van der Waals surface area contributed by atoms with Crippen LogP contribution in [-0.2, 0) is 10.4 Å². The van der Waals surface area contributed by atoms with Crippen LogP contribution in [0.1, 0.15) is 31.2 Å². The van der Waals surface area contributed by atoms with Crippen molar-refractivity contribution in [2.24, 2.45) is 0 Å². The molecule has 1 aliphatic carbocycles. The predicted octanol–water partition coefficient (Wildman–Crippen LogP) is 2.57. The van der Waals surface area contributed by atoms with E-state index < -0.39 is 5.60 Å². The van der Waals surface area contributed by atoms with E-state index in [1.807, 2.05) is 30.3 Å². The van der Waals surface area contributed by atoms with E-state index in [1.54, 1.807) is 6.20 Å². The van der Waals surface area contributed by atoms with Crippen LogP contribution < -0.4 is 0 Å². The second kappa shape index (κ2) is 4.18. The Bertz CT molecular complexity index is 591. The lowest BCUT2D eigenvalue weighted by atomic mass is 9.78. The zero-order valence-electron chi connectivity index (χ0n) is 10.1. The Morgan fingerprint density at radius 2 is 1.83 bits per heavy atom. The quantitative estimate of drug-likeness (QED) is 0.834. The van der Waals surface area contributed by atoms with E-state index in [9.17, 15) is 9.90 Å². The summed E-state index contributed by atoms with van der Waals surface area (Å²) < 4.78 is 0. The van der Waals surface area contributed by atoms with Crippen LogP contribution in [-0.4, -0.2) is 15.9 Å². The van der Waals surface area contributed by atoms with Crippen molar-refractivity contribution in [1.29, 1.82) is 0 Å². The molecule has 0 amide bonds. The third-order valence-electron chi connectivity index (χ3n) is 3.77. The van der Waals surface area contributed by atoms with Crippen molar-refractivity contribution in [2.45, 2.75) is 31.3 Å². The van der Waals surface area contributed by atoms with Crippen molar-refractivity contribution < 1.29 is 9.90 Å². The van der Waals surface area contributed by atoms with Gasteiger partial charge in [-0.2, -0.15) is 0 Å². The summed E-state index contributed by atoms with van der Waals surface area (Å²) in [6, 6.07) is 9.73. The molecule has 1 heterocycles. The number of Topliss-reactive ketones (excluding diaryl/α,β-unsaturated/α-hetero) is 1. The number of hydrogen-bond acceptors (Lipinski definition) is 3.